The van der Waals surface area contributed by atoms with Gasteiger partial charge in [0.25, 0.3) is 0 Å². The van der Waals surface area contributed by atoms with Gasteiger partial charge < -0.3 is 10.2 Å². The van der Waals surface area contributed by atoms with Gasteiger partial charge in [0.1, 0.15) is 17.5 Å². The average Bonchev–Trinajstić information content (AvgIpc) is 2.58. The summed E-state index contributed by atoms with van der Waals surface area (Å²) >= 11 is 6.10. The van der Waals surface area contributed by atoms with E-state index in [-0.39, 0.29) is 0 Å². The molecule has 0 aliphatic carbocycles. The predicted octanol–water partition coefficient (Wildman–Crippen LogP) is 3.78. The Labute approximate surface area is 148 Å². The summed E-state index contributed by atoms with van der Waals surface area (Å²) in [5.74, 6) is -0.206. The number of carbonyl (C=O) groups excluding carboxylic acids is 1. The molecule has 1 amide bonds. The van der Waals surface area contributed by atoms with Crippen LogP contribution < -0.4 is 10.2 Å². The molecule has 8 heteroatoms. The number of fused-ring (bicyclic) bond motifs is 1. The van der Waals surface area contributed by atoms with Crippen molar-refractivity contribution in [1.82, 2.24) is 10.3 Å². The third-order valence-corrected chi connectivity index (χ3v) is 4.51. The molecule has 134 valence electrons. The molecule has 2 heterocycles. The van der Waals surface area contributed by atoms with E-state index in [4.69, 9.17) is 11.6 Å². The summed E-state index contributed by atoms with van der Waals surface area (Å²) in [5, 5.41) is 4.29. The smallest absolute Gasteiger partial charge is 0.356 e. The summed E-state index contributed by atoms with van der Waals surface area (Å²) in [7, 11) is 0. The summed E-state index contributed by atoms with van der Waals surface area (Å²) in [6, 6.07) is 9.52. The van der Waals surface area contributed by atoms with Crippen LogP contribution in [0.25, 0.3) is 10.8 Å². The predicted molar refractivity (Wildman–Crippen MR) is 90.8 cm³/mol. The summed E-state index contributed by atoms with van der Waals surface area (Å²) in [6.07, 6.45) is -3.43. The van der Waals surface area contributed by atoms with Crippen molar-refractivity contribution in [1.29, 1.82) is 0 Å². The highest BCUT2D eigenvalue weighted by molar-refractivity contribution is 6.30. The summed E-state index contributed by atoms with van der Waals surface area (Å²) < 4.78 is 36.6. The summed E-state index contributed by atoms with van der Waals surface area (Å²) in [5.41, 5.74) is 0. The van der Waals surface area contributed by atoms with Crippen LogP contribution in [-0.2, 0) is 4.79 Å². The molecule has 3 rings (SSSR count). The quantitative estimate of drug-likeness (QED) is 0.835. The molecule has 1 aliphatic rings. The van der Waals surface area contributed by atoms with Gasteiger partial charge in [-0.05, 0) is 24.3 Å². The zero-order valence-electron chi connectivity index (χ0n) is 13.3. The van der Waals surface area contributed by atoms with Crippen molar-refractivity contribution in [2.45, 2.75) is 19.0 Å². The van der Waals surface area contributed by atoms with Gasteiger partial charge in [-0.25, -0.2) is 4.98 Å². The Morgan fingerprint density at radius 1 is 1.28 bits per heavy atom. The van der Waals surface area contributed by atoms with Crippen LogP contribution >= 0.6 is 11.6 Å². The Balaban J connectivity index is 1.68. The van der Waals surface area contributed by atoms with Gasteiger partial charge in [0.15, 0.2) is 0 Å². The van der Waals surface area contributed by atoms with Gasteiger partial charge in [0.05, 0.1) is 0 Å². The van der Waals surface area contributed by atoms with Crippen LogP contribution in [0, 0.1) is 5.92 Å². The summed E-state index contributed by atoms with van der Waals surface area (Å²) in [6.45, 7) is -0.199. The number of piperidine rings is 1. The first-order valence-electron chi connectivity index (χ1n) is 7.98. The SMILES string of the molecule is O=C(NCC(F)(F)F)C1CCN(c2nc(Cl)cc3ccccc23)CC1. The Morgan fingerprint density at radius 2 is 1.96 bits per heavy atom. The molecule has 4 nitrogen and oxygen atoms in total. The number of rotatable bonds is 3. The van der Waals surface area contributed by atoms with Crippen molar-refractivity contribution < 1.29 is 18.0 Å². The van der Waals surface area contributed by atoms with Crippen molar-refractivity contribution in [2.75, 3.05) is 24.5 Å². The zero-order chi connectivity index (χ0) is 18.0. The molecule has 1 fully saturated rings. The first-order chi connectivity index (χ1) is 11.8. The van der Waals surface area contributed by atoms with Crippen LogP contribution in [0.15, 0.2) is 30.3 Å². The van der Waals surface area contributed by atoms with Crippen molar-refractivity contribution in [3.63, 3.8) is 0 Å². The third kappa shape index (κ3) is 4.34. The van der Waals surface area contributed by atoms with Crippen LogP contribution in [0.3, 0.4) is 0 Å². The maximum atomic E-state index is 12.2. The monoisotopic (exact) mass is 371 g/mol. The largest absolute Gasteiger partial charge is 0.405 e. The molecule has 0 unspecified atom stereocenters. The van der Waals surface area contributed by atoms with Gasteiger partial charge >= 0.3 is 6.18 Å². The van der Waals surface area contributed by atoms with Crippen LogP contribution in [0.2, 0.25) is 5.15 Å². The molecule has 0 spiro atoms. The van der Waals surface area contributed by atoms with E-state index in [1.54, 1.807) is 6.07 Å². The van der Waals surface area contributed by atoms with E-state index in [1.165, 1.54) is 0 Å². The van der Waals surface area contributed by atoms with Gasteiger partial charge in [-0.2, -0.15) is 13.2 Å². The fraction of sp³-hybridized carbons (Fsp3) is 0.412. The summed E-state index contributed by atoms with van der Waals surface area (Å²) in [4.78, 5) is 18.3. The number of carbonyl (C=O) groups is 1. The Bertz CT molecular complexity index is 773. The van der Waals surface area contributed by atoms with Crippen molar-refractivity contribution in [3.8, 4) is 0 Å². The highest BCUT2D eigenvalue weighted by atomic mass is 35.5. The number of benzene rings is 1. The highest BCUT2D eigenvalue weighted by Crippen LogP contribution is 2.30. The highest BCUT2D eigenvalue weighted by Gasteiger charge is 2.31. The van der Waals surface area contributed by atoms with Crippen molar-refractivity contribution in [2.24, 2.45) is 5.92 Å². The third-order valence-electron chi connectivity index (χ3n) is 4.32. The minimum absolute atomic E-state index is 0.388. The van der Waals surface area contributed by atoms with Crippen molar-refractivity contribution in [3.05, 3.63) is 35.5 Å². The number of anilines is 1. The number of nitrogens with zero attached hydrogens (tertiary/aromatic N) is 2. The molecule has 1 saturated heterocycles. The van der Waals surface area contributed by atoms with E-state index < -0.39 is 24.5 Å². The topological polar surface area (TPSA) is 45.2 Å². The van der Waals surface area contributed by atoms with E-state index in [0.29, 0.717) is 31.1 Å². The second-order valence-corrected chi connectivity index (χ2v) is 6.47. The fourth-order valence-electron chi connectivity index (χ4n) is 3.07. The molecule has 25 heavy (non-hydrogen) atoms. The van der Waals surface area contributed by atoms with Crippen LogP contribution in [0.1, 0.15) is 12.8 Å². The molecular formula is C17H17ClF3N3O. The van der Waals surface area contributed by atoms with Gasteiger partial charge in [-0.15, -0.1) is 0 Å². The zero-order valence-corrected chi connectivity index (χ0v) is 14.1. The molecule has 1 aliphatic heterocycles. The molecule has 0 atom stereocenters. The second kappa shape index (κ2) is 7.07. The van der Waals surface area contributed by atoms with Gasteiger partial charge in [0.2, 0.25) is 5.91 Å². The van der Waals surface area contributed by atoms with Gasteiger partial charge in [0, 0.05) is 24.4 Å². The van der Waals surface area contributed by atoms with Crippen LogP contribution in [0.5, 0.6) is 0 Å². The van der Waals surface area contributed by atoms with E-state index in [2.05, 4.69) is 4.98 Å². The lowest BCUT2D eigenvalue weighted by Crippen LogP contribution is -2.43. The molecule has 1 aromatic carbocycles. The maximum Gasteiger partial charge on any atom is 0.405 e. The Hall–Kier alpha value is -2.02. The van der Waals surface area contributed by atoms with E-state index in [9.17, 15) is 18.0 Å². The lowest BCUT2D eigenvalue weighted by molar-refractivity contribution is -0.141. The van der Waals surface area contributed by atoms with Gasteiger partial charge in [-0.3, -0.25) is 4.79 Å². The van der Waals surface area contributed by atoms with E-state index >= 15 is 0 Å². The maximum absolute atomic E-state index is 12.2. The standard InChI is InChI=1S/C17H17ClF3N3O/c18-14-9-12-3-1-2-4-13(12)15(23-14)24-7-5-11(6-8-24)16(25)22-10-17(19,20)21/h1-4,9,11H,5-8,10H2,(H,22,25). The Morgan fingerprint density at radius 3 is 2.64 bits per heavy atom. The number of halogens is 4. The minimum Gasteiger partial charge on any atom is -0.356 e. The number of amides is 1. The lowest BCUT2D eigenvalue weighted by Gasteiger charge is -2.33. The number of alkyl halides is 3. The van der Waals surface area contributed by atoms with E-state index in [1.807, 2.05) is 34.5 Å². The first-order valence-corrected chi connectivity index (χ1v) is 8.36. The number of aromatic nitrogens is 1. The molecule has 1 aromatic heterocycles. The normalized spacial score (nSPS) is 16.2. The number of hydrogen-bond donors (Lipinski definition) is 1. The molecule has 0 radical (unpaired) electrons. The lowest BCUT2D eigenvalue weighted by atomic mass is 9.95. The average molecular weight is 372 g/mol. The number of nitrogens with one attached hydrogen (secondary N) is 1. The molecule has 0 saturated carbocycles. The molecule has 0 bridgehead atoms. The van der Waals surface area contributed by atoms with Crippen molar-refractivity contribution >= 4 is 34.1 Å². The van der Waals surface area contributed by atoms with E-state index in [0.717, 1.165) is 16.6 Å². The number of hydrogen-bond acceptors (Lipinski definition) is 3. The van der Waals surface area contributed by atoms with Gasteiger partial charge in [-0.1, -0.05) is 35.9 Å². The van der Waals surface area contributed by atoms with Crippen LogP contribution in [0.4, 0.5) is 19.0 Å². The first kappa shape index (κ1) is 17.8. The molecular weight excluding hydrogens is 355 g/mol. The molecule has 1 N–H and O–H groups in total. The second-order valence-electron chi connectivity index (χ2n) is 6.08. The minimum atomic E-state index is -4.39. The number of pyridine rings is 1. The van der Waals surface area contributed by atoms with Crippen LogP contribution in [-0.4, -0.2) is 36.7 Å². The fourth-order valence-corrected chi connectivity index (χ4v) is 3.27. The molecule has 2 aromatic rings. The Kier molecular flexibility index (Phi) is 5.03.